The van der Waals surface area contributed by atoms with Gasteiger partial charge in [-0.1, -0.05) is 18.2 Å². The number of benzene rings is 1. The van der Waals surface area contributed by atoms with Gasteiger partial charge in [-0.3, -0.25) is 19.2 Å². The maximum atomic E-state index is 12.8. The standard InChI is InChI=1S/C22H24N4O4/c27-19-10-7-14(12-23-19)22(30)24-15-8-5-13(6-9-15)21(29)26-18-11-20(28)25-17-4-2-1-3-16(17)18/h1-4,7,10,12-13,15,18H,5-6,8-9,11H2,(H,23,27)(H,24,30)(H,25,28)(H,26,29). The zero-order chi connectivity index (χ0) is 21.1. The molecule has 1 atom stereocenters. The average Bonchev–Trinajstić information content (AvgIpc) is 2.74. The van der Waals surface area contributed by atoms with E-state index in [4.69, 9.17) is 0 Å². The van der Waals surface area contributed by atoms with Crippen LogP contribution in [0.25, 0.3) is 0 Å². The summed E-state index contributed by atoms with van der Waals surface area (Å²) in [6.45, 7) is 0. The third-order valence-electron chi connectivity index (χ3n) is 5.80. The number of carbonyl (C=O) groups is 3. The van der Waals surface area contributed by atoms with E-state index in [0.717, 1.165) is 11.3 Å². The van der Waals surface area contributed by atoms with Gasteiger partial charge in [0.25, 0.3) is 5.91 Å². The van der Waals surface area contributed by atoms with E-state index in [1.54, 1.807) is 0 Å². The molecule has 156 valence electrons. The molecule has 1 unspecified atom stereocenters. The molecule has 2 aliphatic rings. The number of rotatable bonds is 4. The Labute approximate surface area is 173 Å². The molecule has 1 aromatic heterocycles. The van der Waals surface area contributed by atoms with Gasteiger partial charge in [0.2, 0.25) is 17.4 Å². The summed E-state index contributed by atoms with van der Waals surface area (Å²) in [6, 6.07) is 9.99. The summed E-state index contributed by atoms with van der Waals surface area (Å²) in [5, 5.41) is 8.84. The van der Waals surface area contributed by atoms with Crippen molar-refractivity contribution < 1.29 is 14.4 Å². The lowest BCUT2D eigenvalue weighted by Gasteiger charge is -2.31. The summed E-state index contributed by atoms with van der Waals surface area (Å²) in [4.78, 5) is 50.7. The van der Waals surface area contributed by atoms with Crippen LogP contribution in [0.3, 0.4) is 0 Å². The number of amides is 3. The Balaban J connectivity index is 1.30. The summed E-state index contributed by atoms with van der Waals surface area (Å²) in [6.07, 6.45) is 4.37. The molecule has 0 radical (unpaired) electrons. The van der Waals surface area contributed by atoms with Gasteiger partial charge in [-0.25, -0.2) is 0 Å². The summed E-state index contributed by atoms with van der Waals surface area (Å²) in [5.74, 6) is -0.519. The van der Waals surface area contributed by atoms with Crippen molar-refractivity contribution in [2.45, 2.75) is 44.2 Å². The van der Waals surface area contributed by atoms with E-state index in [1.807, 2.05) is 24.3 Å². The molecular formula is C22H24N4O4. The van der Waals surface area contributed by atoms with E-state index in [0.29, 0.717) is 31.2 Å². The monoisotopic (exact) mass is 408 g/mol. The first-order valence-corrected chi connectivity index (χ1v) is 10.2. The number of carbonyl (C=O) groups excluding carboxylic acids is 3. The van der Waals surface area contributed by atoms with Crippen LogP contribution in [0.4, 0.5) is 5.69 Å². The van der Waals surface area contributed by atoms with Crippen molar-refractivity contribution in [3.05, 3.63) is 64.1 Å². The van der Waals surface area contributed by atoms with Crippen molar-refractivity contribution in [1.29, 1.82) is 0 Å². The smallest absolute Gasteiger partial charge is 0.252 e. The minimum Gasteiger partial charge on any atom is -0.349 e. The van der Waals surface area contributed by atoms with E-state index < -0.39 is 0 Å². The topological polar surface area (TPSA) is 120 Å². The quantitative estimate of drug-likeness (QED) is 0.617. The van der Waals surface area contributed by atoms with E-state index in [1.165, 1.54) is 18.3 Å². The Morgan fingerprint density at radius 2 is 1.70 bits per heavy atom. The molecular weight excluding hydrogens is 384 g/mol. The van der Waals surface area contributed by atoms with Gasteiger partial charge in [-0.2, -0.15) is 0 Å². The second-order valence-electron chi connectivity index (χ2n) is 7.86. The third kappa shape index (κ3) is 4.42. The average molecular weight is 408 g/mol. The molecule has 0 spiro atoms. The lowest BCUT2D eigenvalue weighted by atomic mass is 9.85. The summed E-state index contributed by atoms with van der Waals surface area (Å²) in [5.41, 5.74) is 1.82. The minimum absolute atomic E-state index is 0.00494. The lowest BCUT2D eigenvalue weighted by Crippen LogP contribution is -2.42. The number of hydrogen-bond acceptors (Lipinski definition) is 4. The number of hydrogen-bond donors (Lipinski definition) is 4. The van der Waals surface area contributed by atoms with Crippen molar-refractivity contribution in [1.82, 2.24) is 15.6 Å². The molecule has 3 amide bonds. The Hall–Kier alpha value is -3.42. The molecule has 1 aliphatic heterocycles. The fourth-order valence-electron chi connectivity index (χ4n) is 4.15. The van der Waals surface area contributed by atoms with Crippen molar-refractivity contribution in [3.63, 3.8) is 0 Å². The first kappa shape index (κ1) is 19.9. The second-order valence-corrected chi connectivity index (χ2v) is 7.86. The van der Waals surface area contributed by atoms with Crippen LogP contribution in [0, 0.1) is 5.92 Å². The predicted octanol–water partition coefficient (Wildman–Crippen LogP) is 1.86. The Kier molecular flexibility index (Phi) is 5.65. The number of pyridine rings is 1. The highest BCUT2D eigenvalue weighted by Crippen LogP contribution is 2.31. The van der Waals surface area contributed by atoms with Crippen molar-refractivity contribution >= 4 is 23.4 Å². The Morgan fingerprint density at radius 3 is 2.43 bits per heavy atom. The summed E-state index contributed by atoms with van der Waals surface area (Å²) in [7, 11) is 0. The molecule has 8 nitrogen and oxygen atoms in total. The number of aromatic nitrogens is 1. The predicted molar refractivity (Wildman–Crippen MR) is 111 cm³/mol. The molecule has 30 heavy (non-hydrogen) atoms. The number of para-hydroxylation sites is 1. The van der Waals surface area contributed by atoms with Crippen LogP contribution in [0.1, 0.15) is 54.1 Å². The zero-order valence-electron chi connectivity index (χ0n) is 16.4. The fraction of sp³-hybridized carbons (Fsp3) is 0.364. The highest BCUT2D eigenvalue weighted by Gasteiger charge is 2.31. The highest BCUT2D eigenvalue weighted by molar-refractivity contribution is 5.95. The van der Waals surface area contributed by atoms with Crippen molar-refractivity contribution in [2.24, 2.45) is 5.92 Å². The van der Waals surface area contributed by atoms with E-state index in [2.05, 4.69) is 20.9 Å². The SMILES string of the molecule is O=C1CC(NC(=O)C2CCC(NC(=O)c3ccc(=O)[nH]c3)CC2)c2ccccc2N1. The van der Waals surface area contributed by atoms with Crippen molar-refractivity contribution in [3.8, 4) is 0 Å². The summed E-state index contributed by atoms with van der Waals surface area (Å²) < 4.78 is 0. The molecule has 1 aliphatic carbocycles. The summed E-state index contributed by atoms with van der Waals surface area (Å²) >= 11 is 0. The van der Waals surface area contributed by atoms with Crippen molar-refractivity contribution in [2.75, 3.05) is 5.32 Å². The van der Waals surface area contributed by atoms with Gasteiger partial charge in [-0.15, -0.1) is 0 Å². The van der Waals surface area contributed by atoms with Gasteiger partial charge in [0, 0.05) is 29.9 Å². The van der Waals surface area contributed by atoms with Crippen LogP contribution in [0.15, 0.2) is 47.4 Å². The van der Waals surface area contributed by atoms with Gasteiger partial charge in [0.05, 0.1) is 18.0 Å². The number of aromatic amines is 1. The molecule has 1 aromatic carbocycles. The van der Waals surface area contributed by atoms with Gasteiger partial charge in [-0.05, 0) is 43.4 Å². The maximum Gasteiger partial charge on any atom is 0.252 e. The lowest BCUT2D eigenvalue weighted by molar-refractivity contribution is -0.127. The molecule has 1 fully saturated rings. The highest BCUT2D eigenvalue weighted by atomic mass is 16.2. The van der Waals surface area contributed by atoms with Crippen LogP contribution >= 0.6 is 0 Å². The Bertz CT molecular complexity index is 1000. The molecule has 4 N–H and O–H groups in total. The van der Waals surface area contributed by atoms with Crippen LogP contribution in [-0.2, 0) is 9.59 Å². The van der Waals surface area contributed by atoms with Crippen LogP contribution in [0.2, 0.25) is 0 Å². The third-order valence-corrected chi connectivity index (χ3v) is 5.80. The number of anilines is 1. The zero-order valence-corrected chi connectivity index (χ0v) is 16.4. The first-order chi connectivity index (χ1) is 14.5. The fourth-order valence-corrected chi connectivity index (χ4v) is 4.15. The van der Waals surface area contributed by atoms with Gasteiger partial charge in [0.15, 0.2) is 0 Å². The first-order valence-electron chi connectivity index (χ1n) is 10.2. The van der Waals surface area contributed by atoms with E-state index >= 15 is 0 Å². The van der Waals surface area contributed by atoms with Crippen LogP contribution in [-0.4, -0.2) is 28.7 Å². The molecule has 2 aromatic rings. The normalized spacial score (nSPS) is 23.1. The maximum absolute atomic E-state index is 12.8. The molecule has 4 rings (SSSR count). The molecule has 8 heteroatoms. The van der Waals surface area contributed by atoms with E-state index in [9.17, 15) is 19.2 Å². The number of nitrogens with one attached hydrogen (secondary N) is 4. The largest absolute Gasteiger partial charge is 0.349 e. The molecule has 0 saturated heterocycles. The van der Waals surface area contributed by atoms with Gasteiger partial charge in [0.1, 0.15) is 0 Å². The Morgan fingerprint density at radius 1 is 0.933 bits per heavy atom. The number of H-pyrrole nitrogens is 1. The number of fused-ring (bicyclic) bond motifs is 1. The molecule has 0 bridgehead atoms. The van der Waals surface area contributed by atoms with Gasteiger partial charge < -0.3 is 20.9 Å². The molecule has 1 saturated carbocycles. The second kappa shape index (κ2) is 8.52. The van der Waals surface area contributed by atoms with Crippen LogP contribution < -0.4 is 21.5 Å². The van der Waals surface area contributed by atoms with E-state index in [-0.39, 0.29) is 47.7 Å². The van der Waals surface area contributed by atoms with Gasteiger partial charge >= 0.3 is 0 Å². The van der Waals surface area contributed by atoms with Crippen LogP contribution in [0.5, 0.6) is 0 Å². The minimum atomic E-state index is -0.319. The molecule has 2 heterocycles.